The van der Waals surface area contributed by atoms with Crippen LogP contribution in [0.25, 0.3) is 0 Å². The molecule has 0 aromatic rings. The SMILES string of the molecule is CCCCCC/C=C\CCCCCCCCCC(=O)OCC(COP(=O)(O)OC1C(OC2OC(CO)C(O)C(O)C2O)C(O)C(O)C(OC(=O)CCCCCCCCCCCCCCCCC)C1OC1OC(COC(=O)CCCCCCCCCCCCCCCCCC)C(O)C(O)C1O)OC(=O)CCCCCCCCCCCCCCC. The van der Waals surface area contributed by atoms with Crippen molar-refractivity contribution in [3.05, 3.63) is 12.2 Å². The van der Waals surface area contributed by atoms with E-state index in [1.165, 1.54) is 186 Å². The number of allylic oxidation sites excluding steroid dienone is 2. The van der Waals surface area contributed by atoms with E-state index in [0.717, 1.165) is 148 Å². The molecule has 0 spiro atoms. The lowest BCUT2D eigenvalue weighted by molar-refractivity contribution is -0.360. The van der Waals surface area contributed by atoms with Gasteiger partial charge in [-0.2, -0.15) is 0 Å². The summed E-state index contributed by atoms with van der Waals surface area (Å²) in [5, 5.41) is 102. The van der Waals surface area contributed by atoms with Crippen LogP contribution >= 0.6 is 7.82 Å². The number of aliphatic hydroxyl groups is 9. The van der Waals surface area contributed by atoms with E-state index in [-0.39, 0.29) is 25.7 Å². The second-order valence-corrected chi connectivity index (χ2v) is 35.6. The summed E-state index contributed by atoms with van der Waals surface area (Å²) in [4.78, 5) is 66.5. The predicted molar refractivity (Wildman–Crippen MR) is 458 cm³/mol. The van der Waals surface area contributed by atoms with Crippen LogP contribution in [0.5, 0.6) is 0 Å². The summed E-state index contributed by atoms with van der Waals surface area (Å²) in [7, 11) is -5.80. The minimum absolute atomic E-state index is 0.0193. The molecule has 0 bridgehead atoms. The fourth-order valence-electron chi connectivity index (χ4n) is 15.9. The zero-order valence-corrected chi connectivity index (χ0v) is 74.9. The average Bonchev–Trinajstić information content (AvgIpc) is 0.754. The third kappa shape index (κ3) is 51.0. The molecule has 118 heavy (non-hydrogen) atoms. The molecule has 2 saturated heterocycles. The Hall–Kier alpha value is -2.79. The second kappa shape index (κ2) is 71.4. The van der Waals surface area contributed by atoms with Crippen LogP contribution < -0.4 is 0 Å². The van der Waals surface area contributed by atoms with E-state index in [1.54, 1.807) is 0 Å². The monoisotopic (exact) mass is 1710 g/mol. The standard InChI is InChI=1S/C92H171O25P/c1-5-9-13-17-21-25-29-33-36-39-42-45-49-53-57-61-65-76(95)109-71-74-80(99)82(101)86(105)92(113-74)116-89-87(114-78(97)67-63-59-55-51-47-43-38-35-31-27-23-19-15-11-7-3)83(102)84(103)88(115-91-85(104)81(100)79(98)73(68-93)112-91)90(89)117-118(106,107)110-70-72(111-77(96)66-62-58-54-50-46-40-32-28-24-20-16-12-8-4)69-108-75(94)64-60-56-52-48-44-41-37-34-30-26-22-18-14-10-6-2/h26,30,72-74,79-93,98-105H,5-25,27-29,31-71H2,1-4H3,(H,106,107)/b30-26-. The molecule has 25 nitrogen and oxygen atoms in total. The van der Waals surface area contributed by atoms with Crippen molar-refractivity contribution >= 4 is 31.7 Å². The lowest BCUT2D eigenvalue weighted by Gasteiger charge is -2.50. The molecular formula is C92H171O25P. The molecule has 2 heterocycles. The molecule has 18 unspecified atom stereocenters. The van der Waals surface area contributed by atoms with E-state index in [0.29, 0.717) is 32.1 Å². The molecule has 694 valence electrons. The highest BCUT2D eigenvalue weighted by molar-refractivity contribution is 7.47. The van der Waals surface area contributed by atoms with Crippen molar-refractivity contribution in [2.24, 2.45) is 0 Å². The molecule has 2 aliphatic heterocycles. The molecule has 0 aromatic heterocycles. The zero-order chi connectivity index (χ0) is 86.1. The van der Waals surface area contributed by atoms with Gasteiger partial charge < -0.3 is 88.7 Å². The largest absolute Gasteiger partial charge is 0.472 e. The fourth-order valence-corrected chi connectivity index (χ4v) is 16.9. The lowest BCUT2D eigenvalue weighted by atomic mass is 9.84. The normalized spacial score (nSPS) is 24.9. The van der Waals surface area contributed by atoms with E-state index in [4.69, 9.17) is 46.9 Å². The highest BCUT2D eigenvalue weighted by Crippen LogP contribution is 2.49. The highest BCUT2D eigenvalue weighted by Gasteiger charge is 2.60. The van der Waals surface area contributed by atoms with Crippen molar-refractivity contribution in [3.8, 4) is 0 Å². The fraction of sp³-hybridized carbons (Fsp3) is 0.935. The molecule has 0 aromatic carbocycles. The van der Waals surface area contributed by atoms with E-state index < -0.39 is 162 Å². The Morgan fingerprint density at radius 3 is 1.02 bits per heavy atom. The molecular weight excluding hydrogens is 1540 g/mol. The van der Waals surface area contributed by atoms with Gasteiger partial charge in [-0.05, 0) is 51.4 Å². The van der Waals surface area contributed by atoms with E-state index in [1.807, 2.05) is 0 Å². The van der Waals surface area contributed by atoms with E-state index in [2.05, 4.69) is 39.8 Å². The van der Waals surface area contributed by atoms with Crippen LogP contribution in [0.2, 0.25) is 0 Å². The minimum atomic E-state index is -5.80. The van der Waals surface area contributed by atoms with Crippen molar-refractivity contribution in [3.63, 3.8) is 0 Å². The number of carbonyl (C=O) groups excluding carboxylic acids is 4. The van der Waals surface area contributed by atoms with Crippen molar-refractivity contribution in [2.45, 2.75) is 524 Å². The van der Waals surface area contributed by atoms with Gasteiger partial charge in [0.05, 0.1) is 13.2 Å². The number of unbranched alkanes of at least 4 members (excludes halogenated alkanes) is 52. The number of phosphoric acid groups is 1. The molecule has 0 radical (unpaired) electrons. The second-order valence-electron chi connectivity index (χ2n) is 34.2. The highest BCUT2D eigenvalue weighted by atomic mass is 31.2. The van der Waals surface area contributed by atoms with Gasteiger partial charge in [-0.15, -0.1) is 0 Å². The molecule has 1 aliphatic carbocycles. The molecule has 0 amide bonds. The maximum atomic E-state index is 14.9. The Balaban J connectivity index is 1.90. The van der Waals surface area contributed by atoms with E-state index in [9.17, 15) is 74.6 Å². The van der Waals surface area contributed by atoms with Crippen molar-refractivity contribution < 1.29 is 122 Å². The maximum Gasteiger partial charge on any atom is 0.472 e. The zero-order valence-electron chi connectivity index (χ0n) is 74.0. The molecule has 18 atom stereocenters. The Morgan fingerprint density at radius 2 is 0.636 bits per heavy atom. The summed E-state index contributed by atoms with van der Waals surface area (Å²) < 4.78 is 73.5. The molecule has 26 heteroatoms. The Morgan fingerprint density at radius 1 is 0.331 bits per heavy atom. The van der Waals surface area contributed by atoms with Crippen molar-refractivity contribution in [1.29, 1.82) is 0 Å². The van der Waals surface area contributed by atoms with Crippen molar-refractivity contribution in [2.75, 3.05) is 26.4 Å². The number of hydrogen-bond donors (Lipinski definition) is 10. The van der Waals surface area contributed by atoms with Crippen LogP contribution in [0.1, 0.15) is 419 Å². The van der Waals surface area contributed by atoms with E-state index >= 15 is 0 Å². The van der Waals surface area contributed by atoms with Gasteiger partial charge in [0.15, 0.2) is 24.8 Å². The van der Waals surface area contributed by atoms with Crippen LogP contribution in [0, 0.1) is 0 Å². The first-order valence-electron chi connectivity index (χ1n) is 47.9. The number of esters is 4. The number of aliphatic hydroxyl groups excluding tert-OH is 9. The molecule has 3 aliphatic rings. The first kappa shape index (κ1) is 109. The maximum absolute atomic E-state index is 14.9. The molecule has 1 saturated carbocycles. The third-order valence-electron chi connectivity index (χ3n) is 23.5. The Labute approximate surface area is 712 Å². The summed E-state index contributed by atoms with van der Waals surface area (Å²) in [5.74, 6) is -2.95. The van der Waals surface area contributed by atoms with Crippen LogP contribution in [-0.4, -0.2) is 205 Å². The van der Waals surface area contributed by atoms with Gasteiger partial charge in [-0.25, -0.2) is 4.57 Å². The van der Waals surface area contributed by atoms with Gasteiger partial charge in [-0.3, -0.25) is 28.2 Å². The van der Waals surface area contributed by atoms with Gasteiger partial charge in [0.1, 0.15) is 92.6 Å². The molecule has 3 rings (SSSR count). The summed E-state index contributed by atoms with van der Waals surface area (Å²) in [5.41, 5.74) is 0. The minimum Gasteiger partial charge on any atom is -0.463 e. The predicted octanol–water partition coefficient (Wildman–Crippen LogP) is 17.9. The van der Waals surface area contributed by atoms with Crippen LogP contribution in [-0.2, 0) is 70.7 Å². The number of ether oxygens (including phenoxy) is 8. The first-order chi connectivity index (χ1) is 57.2. The Bertz CT molecular complexity index is 2500. The average molecular weight is 1710 g/mol. The van der Waals surface area contributed by atoms with Gasteiger partial charge in [0, 0.05) is 25.7 Å². The van der Waals surface area contributed by atoms with Gasteiger partial charge >= 0.3 is 31.7 Å². The summed E-state index contributed by atoms with van der Waals surface area (Å²) >= 11 is 0. The summed E-state index contributed by atoms with van der Waals surface area (Å²) in [6, 6.07) is 0. The molecule has 10 N–H and O–H groups in total. The van der Waals surface area contributed by atoms with Gasteiger partial charge in [0.25, 0.3) is 0 Å². The smallest absolute Gasteiger partial charge is 0.463 e. The van der Waals surface area contributed by atoms with Crippen LogP contribution in [0.15, 0.2) is 12.2 Å². The topological polar surface area (TPSA) is 380 Å². The number of phosphoric ester groups is 1. The quantitative estimate of drug-likeness (QED) is 0.00889. The van der Waals surface area contributed by atoms with Gasteiger partial charge in [-0.1, -0.05) is 354 Å². The summed E-state index contributed by atoms with van der Waals surface area (Å²) in [6.07, 6.45) is 30.5. The first-order valence-corrected chi connectivity index (χ1v) is 49.4. The Kier molecular flexibility index (Phi) is 66.2. The summed E-state index contributed by atoms with van der Waals surface area (Å²) in [6.45, 7) is 5.61. The lowest BCUT2D eigenvalue weighted by Crippen LogP contribution is -2.70. The molecule has 3 fully saturated rings. The number of rotatable bonds is 78. The van der Waals surface area contributed by atoms with Gasteiger partial charge in [0.2, 0.25) is 0 Å². The number of hydrogen-bond acceptors (Lipinski definition) is 24. The van der Waals surface area contributed by atoms with Crippen molar-refractivity contribution in [1.82, 2.24) is 0 Å². The number of carbonyl (C=O) groups is 4. The van der Waals surface area contributed by atoms with Crippen LogP contribution in [0.4, 0.5) is 0 Å². The third-order valence-corrected chi connectivity index (χ3v) is 24.5. The van der Waals surface area contributed by atoms with Crippen LogP contribution in [0.3, 0.4) is 0 Å².